The van der Waals surface area contributed by atoms with Crippen molar-refractivity contribution >= 4 is 44.3 Å². The Morgan fingerprint density at radius 3 is 2.58 bits per heavy atom. The van der Waals surface area contributed by atoms with Crippen LogP contribution in [0.2, 0.25) is 0 Å². The van der Waals surface area contributed by atoms with Gasteiger partial charge in [-0.3, -0.25) is 19.1 Å². The first-order valence-electron chi connectivity index (χ1n) is 12.7. The summed E-state index contributed by atoms with van der Waals surface area (Å²) >= 11 is 3.26. The van der Waals surface area contributed by atoms with E-state index in [1.165, 1.54) is 16.5 Å². The molecule has 4 heterocycles. The highest BCUT2D eigenvalue weighted by Gasteiger charge is 2.40. The molecule has 1 N–H and O–H groups in total. The van der Waals surface area contributed by atoms with Gasteiger partial charge in [0.1, 0.15) is 28.8 Å². The molecule has 3 aromatic heterocycles. The zero-order chi connectivity index (χ0) is 28.6. The molecule has 1 aliphatic rings. The number of Topliss-reactive ketones (excluding diaryl/α,β-unsaturated/α-hetero) is 2. The Kier molecular flexibility index (Phi) is 7.81. The lowest BCUT2D eigenvalue weighted by molar-refractivity contribution is -0.138. The lowest BCUT2D eigenvalue weighted by Crippen LogP contribution is -2.43. The third-order valence-corrected chi connectivity index (χ3v) is 7.41. The van der Waals surface area contributed by atoms with Crippen LogP contribution in [-0.2, 0) is 29.2 Å². The highest BCUT2D eigenvalue weighted by atomic mass is 79.9. The summed E-state index contributed by atoms with van der Waals surface area (Å²) in [6, 6.07) is 7.73. The largest absolute Gasteiger partial charge is 0.392 e. The van der Waals surface area contributed by atoms with E-state index in [1.807, 2.05) is 6.07 Å². The van der Waals surface area contributed by atoms with Crippen LogP contribution >= 0.6 is 15.9 Å². The highest BCUT2D eigenvalue weighted by Crippen LogP contribution is 2.28. The molecule has 12 heteroatoms. The summed E-state index contributed by atoms with van der Waals surface area (Å²) in [5, 5.41) is 14.6. The van der Waals surface area contributed by atoms with E-state index in [9.17, 15) is 23.9 Å². The fourth-order valence-electron chi connectivity index (χ4n) is 4.95. The Morgan fingerprint density at radius 1 is 1.12 bits per heavy atom. The fraction of sp³-hybridized carbons (Fsp3) is 0.321. The average Bonchev–Trinajstić information content (AvgIpc) is 3.50. The molecule has 0 bridgehead atoms. The molecule has 0 aliphatic carbocycles. The molecule has 1 saturated heterocycles. The van der Waals surface area contributed by atoms with E-state index in [0.29, 0.717) is 32.6 Å². The van der Waals surface area contributed by atoms with Crippen molar-refractivity contribution in [1.82, 2.24) is 29.6 Å². The van der Waals surface area contributed by atoms with Gasteiger partial charge in [0.05, 0.1) is 36.8 Å². The Morgan fingerprint density at radius 2 is 1.88 bits per heavy atom. The molecule has 2 atom stereocenters. The second-order valence-corrected chi connectivity index (χ2v) is 10.6. The first kappa shape index (κ1) is 27.7. The van der Waals surface area contributed by atoms with Gasteiger partial charge in [-0.25, -0.2) is 19.3 Å². The number of hydrogen-bond acceptors (Lipinski definition) is 8. The summed E-state index contributed by atoms with van der Waals surface area (Å²) in [6.45, 7) is 2.39. The van der Waals surface area contributed by atoms with E-state index < -0.39 is 18.1 Å². The molecule has 0 unspecified atom stereocenters. The summed E-state index contributed by atoms with van der Waals surface area (Å²) < 4.78 is 16.5. The molecule has 10 nitrogen and oxygen atoms in total. The van der Waals surface area contributed by atoms with E-state index >= 15 is 0 Å². The molecule has 1 amide bonds. The minimum absolute atomic E-state index is 0.117. The molecule has 0 spiro atoms. The summed E-state index contributed by atoms with van der Waals surface area (Å²) in [6.07, 6.45) is 1.76. The third kappa shape index (κ3) is 5.54. The van der Waals surface area contributed by atoms with Gasteiger partial charge in [-0.05, 0) is 52.2 Å². The van der Waals surface area contributed by atoms with Crippen molar-refractivity contribution in [3.05, 3.63) is 70.1 Å². The number of hydrogen-bond donors (Lipinski definition) is 1. The number of aryl methyl sites for hydroxylation is 1. The molecule has 1 fully saturated rings. The van der Waals surface area contributed by atoms with Crippen molar-refractivity contribution in [1.29, 1.82) is 0 Å². The Hall–Kier alpha value is -3.90. The number of alkyl halides is 1. The van der Waals surface area contributed by atoms with Crippen molar-refractivity contribution in [3.8, 4) is 11.1 Å². The van der Waals surface area contributed by atoms with Crippen LogP contribution in [0.5, 0.6) is 0 Å². The minimum Gasteiger partial charge on any atom is -0.392 e. The van der Waals surface area contributed by atoms with Crippen molar-refractivity contribution in [3.63, 3.8) is 0 Å². The maximum Gasteiger partial charge on any atom is 0.245 e. The van der Waals surface area contributed by atoms with Crippen molar-refractivity contribution in [2.75, 3.05) is 6.54 Å². The number of aromatic nitrogens is 5. The molecular weight excluding hydrogens is 583 g/mol. The first-order valence-corrected chi connectivity index (χ1v) is 13.5. The van der Waals surface area contributed by atoms with Gasteiger partial charge >= 0.3 is 0 Å². The molecule has 206 valence electrons. The molecule has 40 heavy (non-hydrogen) atoms. The zero-order valence-corrected chi connectivity index (χ0v) is 23.4. The van der Waals surface area contributed by atoms with Gasteiger partial charge in [-0.15, -0.1) is 0 Å². The second kappa shape index (κ2) is 11.3. The topological polar surface area (TPSA) is 131 Å². The number of pyridine rings is 1. The fourth-order valence-corrected chi connectivity index (χ4v) is 5.30. The van der Waals surface area contributed by atoms with Crippen LogP contribution in [0, 0.1) is 6.92 Å². The van der Waals surface area contributed by atoms with E-state index in [1.54, 1.807) is 43.6 Å². The van der Waals surface area contributed by atoms with Crippen LogP contribution in [0.1, 0.15) is 40.9 Å². The molecule has 1 aliphatic heterocycles. The first-order chi connectivity index (χ1) is 19.1. The van der Waals surface area contributed by atoms with Crippen LogP contribution in [0.3, 0.4) is 0 Å². The van der Waals surface area contributed by atoms with Gasteiger partial charge in [0, 0.05) is 36.7 Å². The summed E-state index contributed by atoms with van der Waals surface area (Å²) in [5.41, 5.74) is 3.17. The highest BCUT2D eigenvalue weighted by molar-refractivity contribution is 9.10. The SMILES string of the molecule is CC(=O)c1nn(CC(=O)N2C[C@H](F)C[C@H]2C(=O)Cc2nc(Br)ccc2CO)c2ccc(-c3cnc(C)nc3)cc12. The minimum atomic E-state index is -1.35. The van der Waals surface area contributed by atoms with Crippen molar-refractivity contribution in [2.45, 2.75) is 52.1 Å². The number of carbonyl (C=O) groups excluding carboxylic acids is 3. The average molecular weight is 609 g/mol. The Labute approximate surface area is 237 Å². The predicted octanol–water partition coefficient (Wildman–Crippen LogP) is 3.40. The molecular formula is C28H26BrFN6O4. The third-order valence-electron chi connectivity index (χ3n) is 6.97. The number of fused-ring (bicyclic) bond motifs is 1. The number of benzene rings is 1. The summed E-state index contributed by atoms with van der Waals surface area (Å²) in [7, 11) is 0. The van der Waals surface area contributed by atoms with Crippen LogP contribution in [0.15, 0.2) is 47.3 Å². The van der Waals surface area contributed by atoms with Gasteiger partial charge in [-0.2, -0.15) is 5.10 Å². The summed E-state index contributed by atoms with van der Waals surface area (Å²) in [5.74, 6) is -0.489. The quantitative estimate of drug-likeness (QED) is 0.238. The van der Waals surface area contributed by atoms with Crippen molar-refractivity contribution < 1.29 is 23.9 Å². The lowest BCUT2D eigenvalue weighted by Gasteiger charge is -2.23. The smallest absolute Gasteiger partial charge is 0.245 e. The van der Waals surface area contributed by atoms with E-state index in [2.05, 4.69) is 36.0 Å². The number of nitrogens with zero attached hydrogens (tertiary/aromatic N) is 6. The number of aliphatic hydroxyl groups excluding tert-OH is 1. The van der Waals surface area contributed by atoms with Gasteiger partial charge in [0.15, 0.2) is 11.6 Å². The zero-order valence-electron chi connectivity index (χ0n) is 21.8. The molecule has 1 aromatic carbocycles. The predicted molar refractivity (Wildman–Crippen MR) is 147 cm³/mol. The number of halogens is 2. The van der Waals surface area contributed by atoms with E-state index in [0.717, 1.165) is 11.1 Å². The van der Waals surface area contributed by atoms with Gasteiger partial charge in [0.25, 0.3) is 0 Å². The monoisotopic (exact) mass is 608 g/mol. The molecule has 5 rings (SSSR count). The normalized spacial score (nSPS) is 17.0. The van der Waals surface area contributed by atoms with E-state index in [4.69, 9.17) is 0 Å². The van der Waals surface area contributed by atoms with Gasteiger partial charge in [-0.1, -0.05) is 12.1 Å². The number of aliphatic hydroxyl groups is 1. The maximum atomic E-state index is 14.5. The summed E-state index contributed by atoms with van der Waals surface area (Å²) in [4.78, 5) is 53.1. The van der Waals surface area contributed by atoms with Gasteiger partial charge in [0.2, 0.25) is 5.91 Å². The maximum absolute atomic E-state index is 14.5. The van der Waals surface area contributed by atoms with Crippen molar-refractivity contribution in [2.24, 2.45) is 0 Å². The number of carbonyl (C=O) groups is 3. The second-order valence-electron chi connectivity index (χ2n) is 9.75. The lowest BCUT2D eigenvalue weighted by atomic mass is 10.0. The van der Waals surface area contributed by atoms with Gasteiger partial charge < -0.3 is 10.0 Å². The van der Waals surface area contributed by atoms with Crippen LogP contribution < -0.4 is 0 Å². The Balaban J connectivity index is 1.41. The van der Waals surface area contributed by atoms with Crippen LogP contribution in [0.4, 0.5) is 4.39 Å². The molecule has 0 radical (unpaired) electrons. The van der Waals surface area contributed by atoms with E-state index in [-0.39, 0.29) is 49.8 Å². The van der Waals surface area contributed by atoms with Crippen LogP contribution in [0.25, 0.3) is 22.0 Å². The van der Waals surface area contributed by atoms with Crippen LogP contribution in [-0.4, -0.2) is 71.0 Å². The standard InChI is InChI=1S/C28H26BrFN6O4/c1-15(38)28-21-7-17(19-10-31-16(2)32-11-19)3-5-23(21)36(34-28)13-27(40)35-12-20(30)8-24(35)25(39)9-22-18(14-37)4-6-26(29)33-22/h3-7,10-11,20,24,37H,8-9,12-14H2,1-2H3/t20-,24+/m1/s1. The Bertz CT molecular complexity index is 1620. The number of ketones is 2. The number of amides is 1. The number of likely N-dealkylation sites (tertiary alicyclic amines) is 1. The number of rotatable bonds is 8. The molecule has 4 aromatic rings. The molecule has 0 saturated carbocycles.